The summed E-state index contributed by atoms with van der Waals surface area (Å²) in [6.07, 6.45) is 2.47. The summed E-state index contributed by atoms with van der Waals surface area (Å²) in [4.78, 5) is 33.0. The Labute approximate surface area is 171 Å². The summed E-state index contributed by atoms with van der Waals surface area (Å²) in [7, 11) is 0. The summed E-state index contributed by atoms with van der Waals surface area (Å²) in [5.74, 6) is -1.08. The number of hydrogen-bond acceptors (Lipinski definition) is 6. The monoisotopic (exact) mass is 415 g/mol. The van der Waals surface area contributed by atoms with Gasteiger partial charge in [-0.05, 0) is 31.0 Å². The van der Waals surface area contributed by atoms with Crippen LogP contribution in [0.4, 0.5) is 5.69 Å². The van der Waals surface area contributed by atoms with Gasteiger partial charge in [0.25, 0.3) is 5.91 Å². The third-order valence-electron chi connectivity index (χ3n) is 3.96. The molecule has 2 heterocycles. The van der Waals surface area contributed by atoms with Crippen LogP contribution in [0.15, 0.2) is 42.6 Å². The Balaban J connectivity index is 1.63. The molecule has 1 amide bonds. The zero-order valence-electron chi connectivity index (χ0n) is 15.4. The fraction of sp³-hybridized carbons (Fsp3) is 0.200. The Hall–Kier alpha value is -2.77. The number of halogens is 1. The van der Waals surface area contributed by atoms with E-state index >= 15 is 0 Å². The van der Waals surface area contributed by atoms with Crippen LogP contribution in [0.25, 0.3) is 10.6 Å². The highest BCUT2D eigenvalue weighted by Crippen LogP contribution is 2.28. The van der Waals surface area contributed by atoms with Crippen LogP contribution in [0.5, 0.6) is 0 Å². The molecule has 144 valence electrons. The van der Waals surface area contributed by atoms with Gasteiger partial charge in [-0.15, -0.1) is 11.3 Å². The minimum atomic E-state index is -0.584. The maximum Gasteiger partial charge on any atom is 0.350 e. The summed E-state index contributed by atoms with van der Waals surface area (Å²) in [5, 5.41) is 3.45. The Bertz CT molecular complexity index is 1000. The smallest absolute Gasteiger partial charge is 0.350 e. The molecule has 8 heteroatoms. The van der Waals surface area contributed by atoms with Crippen molar-refractivity contribution in [1.29, 1.82) is 0 Å². The van der Waals surface area contributed by atoms with E-state index in [0.29, 0.717) is 16.3 Å². The van der Waals surface area contributed by atoms with E-state index in [-0.39, 0.29) is 5.15 Å². The molecule has 0 radical (unpaired) electrons. The topological polar surface area (TPSA) is 81.2 Å². The average molecular weight is 416 g/mol. The summed E-state index contributed by atoms with van der Waals surface area (Å²) in [6.45, 7) is 3.41. The number of rotatable bonds is 6. The molecule has 1 N–H and O–H groups in total. The maximum atomic E-state index is 12.4. The van der Waals surface area contributed by atoms with E-state index < -0.39 is 18.5 Å². The normalized spacial score (nSPS) is 10.5. The zero-order valence-corrected chi connectivity index (χ0v) is 16.9. The Morgan fingerprint density at radius 3 is 2.64 bits per heavy atom. The van der Waals surface area contributed by atoms with Crippen LogP contribution >= 0.6 is 22.9 Å². The fourth-order valence-corrected chi connectivity index (χ4v) is 3.59. The second-order valence-electron chi connectivity index (χ2n) is 5.95. The number of hydrogen-bond donors (Lipinski definition) is 1. The number of carbonyl (C=O) groups is 2. The molecule has 0 bridgehead atoms. The molecule has 0 atom stereocenters. The number of nitrogens with zero attached hydrogens (tertiary/aromatic N) is 2. The molecule has 2 aromatic heterocycles. The molecule has 3 aromatic rings. The first kappa shape index (κ1) is 20.0. The first-order valence-corrected chi connectivity index (χ1v) is 9.81. The Kier molecular flexibility index (Phi) is 6.38. The van der Waals surface area contributed by atoms with Gasteiger partial charge in [0.1, 0.15) is 9.88 Å². The highest BCUT2D eigenvalue weighted by atomic mass is 35.5. The number of carbonyl (C=O) groups excluding carboxylic acids is 2. The van der Waals surface area contributed by atoms with E-state index in [9.17, 15) is 9.59 Å². The van der Waals surface area contributed by atoms with Crippen LogP contribution in [0.2, 0.25) is 5.15 Å². The van der Waals surface area contributed by atoms with Crippen molar-refractivity contribution in [1.82, 2.24) is 9.97 Å². The fourth-order valence-electron chi connectivity index (χ4n) is 2.45. The lowest BCUT2D eigenvalue weighted by atomic mass is 10.1. The molecule has 0 fully saturated rings. The van der Waals surface area contributed by atoms with Gasteiger partial charge in [0.05, 0.1) is 11.4 Å². The van der Waals surface area contributed by atoms with Crippen molar-refractivity contribution in [3.63, 3.8) is 0 Å². The maximum absolute atomic E-state index is 12.4. The lowest BCUT2D eigenvalue weighted by molar-refractivity contribution is -0.119. The van der Waals surface area contributed by atoms with Gasteiger partial charge >= 0.3 is 5.97 Å². The van der Waals surface area contributed by atoms with Gasteiger partial charge < -0.3 is 10.1 Å². The zero-order chi connectivity index (χ0) is 20.1. The molecule has 0 saturated heterocycles. The van der Waals surface area contributed by atoms with Gasteiger partial charge in [-0.3, -0.25) is 4.79 Å². The second-order valence-corrected chi connectivity index (χ2v) is 7.31. The molecule has 0 saturated carbocycles. The van der Waals surface area contributed by atoms with Crippen LogP contribution in [0, 0.1) is 6.92 Å². The van der Waals surface area contributed by atoms with E-state index in [0.717, 1.165) is 17.0 Å². The van der Waals surface area contributed by atoms with Crippen molar-refractivity contribution in [2.45, 2.75) is 20.3 Å². The number of anilines is 1. The number of esters is 1. The van der Waals surface area contributed by atoms with E-state index in [4.69, 9.17) is 16.3 Å². The van der Waals surface area contributed by atoms with Crippen molar-refractivity contribution in [3.8, 4) is 10.6 Å². The largest absolute Gasteiger partial charge is 0.451 e. The second kappa shape index (κ2) is 8.95. The predicted octanol–water partition coefficient (Wildman–Crippen LogP) is 4.52. The van der Waals surface area contributed by atoms with Gasteiger partial charge in [-0.1, -0.05) is 42.8 Å². The molecule has 0 unspecified atom stereocenters. The summed E-state index contributed by atoms with van der Waals surface area (Å²) in [6, 6.07) is 11.3. The molecule has 0 aliphatic carbocycles. The minimum absolute atomic E-state index is 0.166. The lowest BCUT2D eigenvalue weighted by Gasteiger charge is -2.06. The van der Waals surface area contributed by atoms with Gasteiger partial charge in [-0.2, -0.15) is 0 Å². The Morgan fingerprint density at radius 1 is 1.21 bits per heavy atom. The summed E-state index contributed by atoms with van der Waals surface area (Å²) in [5.41, 5.74) is 3.10. The molecule has 0 aliphatic rings. The predicted molar refractivity (Wildman–Crippen MR) is 110 cm³/mol. The molecular formula is C20H18ClN3O3S. The van der Waals surface area contributed by atoms with E-state index in [1.807, 2.05) is 24.3 Å². The SMILES string of the molecule is CCc1ccc(-c2nc(C)c(C(=O)OCC(=O)Nc3cccnc3Cl)s2)cc1. The molecule has 0 spiro atoms. The number of pyridine rings is 1. The molecule has 1 aromatic carbocycles. The van der Waals surface area contributed by atoms with Crippen LogP contribution in [0.1, 0.15) is 27.9 Å². The van der Waals surface area contributed by atoms with E-state index in [1.54, 1.807) is 19.1 Å². The molecule has 28 heavy (non-hydrogen) atoms. The number of ether oxygens (including phenoxy) is 1. The average Bonchev–Trinajstić information content (AvgIpc) is 3.10. The standard InChI is InChI=1S/C20H18ClN3O3S/c1-3-13-6-8-14(9-7-13)19-23-12(2)17(28-19)20(26)27-11-16(25)24-15-5-4-10-22-18(15)21/h4-10H,3,11H2,1-2H3,(H,24,25). The number of benzene rings is 1. The Morgan fingerprint density at radius 2 is 1.96 bits per heavy atom. The van der Waals surface area contributed by atoms with Crippen LogP contribution in [-0.2, 0) is 16.0 Å². The van der Waals surface area contributed by atoms with Crippen molar-refractivity contribution >= 4 is 40.5 Å². The molecule has 3 rings (SSSR count). The first-order chi connectivity index (χ1) is 13.5. The van der Waals surface area contributed by atoms with Crippen LogP contribution < -0.4 is 5.32 Å². The number of aryl methyl sites for hydroxylation is 2. The van der Waals surface area contributed by atoms with Crippen LogP contribution in [-0.4, -0.2) is 28.5 Å². The van der Waals surface area contributed by atoms with E-state index in [1.165, 1.54) is 23.1 Å². The van der Waals surface area contributed by atoms with Crippen molar-refractivity contribution in [3.05, 3.63) is 63.9 Å². The third kappa shape index (κ3) is 4.74. The van der Waals surface area contributed by atoms with Crippen molar-refractivity contribution in [2.24, 2.45) is 0 Å². The molecular weight excluding hydrogens is 398 g/mol. The quantitative estimate of drug-likeness (QED) is 0.472. The highest BCUT2D eigenvalue weighted by Gasteiger charge is 2.19. The minimum Gasteiger partial charge on any atom is -0.451 e. The molecule has 0 aliphatic heterocycles. The molecule has 6 nitrogen and oxygen atoms in total. The number of nitrogens with one attached hydrogen (secondary N) is 1. The van der Waals surface area contributed by atoms with Gasteiger partial charge in [0.2, 0.25) is 0 Å². The number of aromatic nitrogens is 2. The van der Waals surface area contributed by atoms with E-state index in [2.05, 4.69) is 22.2 Å². The summed E-state index contributed by atoms with van der Waals surface area (Å²) < 4.78 is 5.12. The van der Waals surface area contributed by atoms with Gasteiger partial charge in [0.15, 0.2) is 11.8 Å². The summed E-state index contributed by atoms with van der Waals surface area (Å²) >= 11 is 7.13. The van der Waals surface area contributed by atoms with Gasteiger partial charge in [0, 0.05) is 11.8 Å². The number of thiazole rings is 1. The third-order valence-corrected chi connectivity index (χ3v) is 5.45. The first-order valence-electron chi connectivity index (χ1n) is 8.62. The van der Waals surface area contributed by atoms with Crippen molar-refractivity contribution in [2.75, 3.05) is 11.9 Å². The van der Waals surface area contributed by atoms with Gasteiger partial charge in [-0.25, -0.2) is 14.8 Å². The van der Waals surface area contributed by atoms with Crippen molar-refractivity contribution < 1.29 is 14.3 Å². The number of amides is 1. The van der Waals surface area contributed by atoms with Crippen LogP contribution in [0.3, 0.4) is 0 Å². The lowest BCUT2D eigenvalue weighted by Crippen LogP contribution is -2.21. The highest BCUT2D eigenvalue weighted by molar-refractivity contribution is 7.17.